The largest absolute Gasteiger partial charge is 0.485 e. The Morgan fingerprint density at radius 1 is 1.19 bits per heavy atom. The van der Waals surface area contributed by atoms with Crippen molar-refractivity contribution in [3.63, 3.8) is 0 Å². The van der Waals surface area contributed by atoms with E-state index in [4.69, 9.17) is 33.2 Å². The van der Waals surface area contributed by atoms with Gasteiger partial charge in [0.2, 0.25) is 0 Å². The molecule has 1 aromatic carbocycles. The lowest BCUT2D eigenvalue weighted by molar-refractivity contribution is 0.0663. The number of aromatic nitrogens is 2. The van der Waals surface area contributed by atoms with Crippen LogP contribution in [0.2, 0.25) is 5.02 Å². The Morgan fingerprint density at radius 2 is 1.97 bits per heavy atom. The minimum absolute atomic E-state index is 0.0677. The van der Waals surface area contributed by atoms with Gasteiger partial charge in [0.15, 0.2) is 11.4 Å². The van der Waals surface area contributed by atoms with Gasteiger partial charge in [0.05, 0.1) is 18.3 Å². The molecule has 3 rings (SSSR count). The Labute approximate surface area is 216 Å². The normalized spacial score (nSPS) is 11.3. The molecule has 0 fully saturated rings. The Balaban J connectivity index is 1.92. The summed E-state index contributed by atoms with van der Waals surface area (Å²) >= 11 is 6.23. The molecule has 0 aliphatic rings. The molecule has 15 heteroatoms. The molecule has 0 aliphatic carbocycles. The highest BCUT2D eigenvalue weighted by molar-refractivity contribution is 6.31. The number of fused-ring (bicyclic) bond motifs is 1. The number of benzene rings is 1. The number of hydrogen-bond acceptors (Lipinski definition) is 8. The number of hydrogen-bond donors (Lipinski definition) is 1. The minimum Gasteiger partial charge on any atom is -0.485 e. The summed E-state index contributed by atoms with van der Waals surface area (Å²) in [5, 5.41) is 11.4. The van der Waals surface area contributed by atoms with Crippen molar-refractivity contribution in [2.45, 2.75) is 38.5 Å². The van der Waals surface area contributed by atoms with E-state index in [0.717, 1.165) is 10.6 Å². The lowest BCUT2D eigenvalue weighted by Gasteiger charge is -2.25. The van der Waals surface area contributed by atoms with Gasteiger partial charge in [-0.05, 0) is 42.1 Å². The van der Waals surface area contributed by atoms with Crippen LogP contribution in [0.1, 0.15) is 41.0 Å². The van der Waals surface area contributed by atoms with E-state index in [9.17, 15) is 9.70 Å². The van der Waals surface area contributed by atoms with Gasteiger partial charge in [-0.3, -0.25) is 14.2 Å². The third-order valence-electron chi connectivity index (χ3n) is 5.54. The van der Waals surface area contributed by atoms with Gasteiger partial charge in [-0.15, -0.1) is 0 Å². The summed E-state index contributed by atoms with van der Waals surface area (Å²) in [6.07, 6.45) is 3.09. The van der Waals surface area contributed by atoms with Gasteiger partial charge in [-0.2, -0.15) is 4.91 Å². The number of nitrogens with zero attached hydrogens (tertiary/aromatic N) is 10. The number of rotatable bonds is 14. The molecule has 0 bridgehead atoms. The third kappa shape index (κ3) is 6.87. The van der Waals surface area contributed by atoms with E-state index in [0.29, 0.717) is 35.7 Å². The van der Waals surface area contributed by atoms with E-state index >= 15 is 0 Å². The van der Waals surface area contributed by atoms with Crippen LogP contribution in [0, 0.1) is 4.91 Å². The average molecular weight is 526 g/mol. The van der Waals surface area contributed by atoms with Crippen molar-refractivity contribution in [1.82, 2.24) is 14.4 Å². The number of carbonyl (C=O) groups is 1. The van der Waals surface area contributed by atoms with Crippen molar-refractivity contribution in [3.05, 3.63) is 90.4 Å². The molecule has 192 valence electrons. The minimum atomic E-state index is -0.700. The van der Waals surface area contributed by atoms with Crippen LogP contribution < -0.4 is 10.6 Å². The van der Waals surface area contributed by atoms with Gasteiger partial charge in [0.25, 0.3) is 5.91 Å². The molecule has 0 saturated carbocycles. The van der Waals surface area contributed by atoms with E-state index in [-0.39, 0.29) is 37.6 Å². The van der Waals surface area contributed by atoms with E-state index in [2.05, 4.69) is 30.2 Å². The number of carbonyl (C=O) groups excluding carboxylic acids is 1. The second-order valence-corrected chi connectivity index (χ2v) is 8.28. The first-order valence-corrected chi connectivity index (χ1v) is 11.6. The van der Waals surface area contributed by atoms with Gasteiger partial charge >= 0.3 is 0 Å². The van der Waals surface area contributed by atoms with Crippen LogP contribution in [0.15, 0.2) is 58.0 Å². The van der Waals surface area contributed by atoms with Crippen LogP contribution in [-0.4, -0.2) is 39.4 Å². The number of azide groups is 2. The molecule has 3 aromatic rings. The topological polar surface area (TPSA) is 200 Å². The number of unbranched alkanes of at least 4 members (excludes halogenated alkanes) is 1. The third-order valence-corrected chi connectivity index (χ3v) is 5.90. The number of amides is 1. The van der Waals surface area contributed by atoms with Crippen LogP contribution in [0.25, 0.3) is 26.5 Å². The molecule has 1 amide bonds. The molecule has 2 N–H and O–H groups in total. The number of halogens is 1. The number of pyridine rings is 1. The van der Waals surface area contributed by atoms with Gasteiger partial charge < -0.3 is 4.74 Å². The molecular weight excluding hydrogens is 502 g/mol. The lowest BCUT2D eigenvalue weighted by Crippen LogP contribution is -2.47. The zero-order valence-electron chi connectivity index (χ0n) is 19.7. The molecule has 0 unspecified atom stereocenters. The molecule has 0 saturated heterocycles. The molecule has 37 heavy (non-hydrogen) atoms. The number of nitrogens with two attached hydrogens (primary N) is 1. The molecule has 0 spiro atoms. The number of hydrazine groups is 1. The van der Waals surface area contributed by atoms with Crippen molar-refractivity contribution >= 4 is 23.2 Å². The van der Waals surface area contributed by atoms with Crippen LogP contribution in [-0.2, 0) is 13.2 Å². The maximum absolute atomic E-state index is 13.5. The summed E-state index contributed by atoms with van der Waals surface area (Å²) < 4.78 is 7.45. The smallest absolute Gasteiger partial charge is 0.287 e. The highest BCUT2D eigenvalue weighted by Gasteiger charge is 2.28. The SMILES string of the molecule is [N-]=[N+]=NCCCC[C@H](CN=O)N(N)C(=O)c1c(CN=[N+]=[N-])nc2c(OCc3ccccc3Cl)cccn12. The first-order valence-electron chi connectivity index (χ1n) is 11.3. The number of ether oxygens (including phenoxy) is 1. The lowest BCUT2D eigenvalue weighted by atomic mass is 10.1. The zero-order valence-corrected chi connectivity index (χ0v) is 20.5. The molecule has 2 aromatic heterocycles. The maximum atomic E-state index is 13.5. The van der Waals surface area contributed by atoms with E-state index in [1.54, 1.807) is 24.4 Å². The average Bonchev–Trinajstić information content (AvgIpc) is 3.28. The first-order chi connectivity index (χ1) is 18.0. The number of imidazole rings is 1. The van der Waals surface area contributed by atoms with Crippen LogP contribution >= 0.6 is 11.6 Å². The fourth-order valence-electron chi connectivity index (χ4n) is 3.71. The quantitative estimate of drug-likeness (QED) is 0.0433. The van der Waals surface area contributed by atoms with Crippen LogP contribution in [0.5, 0.6) is 5.75 Å². The summed E-state index contributed by atoms with van der Waals surface area (Å²) in [4.78, 5) is 34.5. The van der Waals surface area contributed by atoms with Gasteiger partial charge in [-0.1, -0.05) is 51.6 Å². The maximum Gasteiger partial charge on any atom is 0.287 e. The highest BCUT2D eigenvalue weighted by atomic mass is 35.5. The second kappa shape index (κ2) is 13.7. The summed E-state index contributed by atoms with van der Waals surface area (Å²) in [5.41, 5.74) is 18.6. The fourth-order valence-corrected chi connectivity index (χ4v) is 3.90. The molecule has 0 aliphatic heterocycles. The molecule has 1 atom stereocenters. The Bertz CT molecular complexity index is 1350. The molecule has 2 heterocycles. The summed E-state index contributed by atoms with van der Waals surface area (Å²) in [6, 6.07) is 9.89. The van der Waals surface area contributed by atoms with E-state index in [1.807, 2.05) is 18.2 Å². The second-order valence-electron chi connectivity index (χ2n) is 7.87. The van der Waals surface area contributed by atoms with E-state index in [1.165, 1.54) is 4.40 Å². The summed E-state index contributed by atoms with van der Waals surface area (Å²) in [6.45, 7) is 0.0160. The predicted molar refractivity (Wildman–Crippen MR) is 136 cm³/mol. The van der Waals surface area contributed by atoms with Crippen molar-refractivity contribution in [2.75, 3.05) is 13.1 Å². The van der Waals surface area contributed by atoms with Crippen molar-refractivity contribution < 1.29 is 9.53 Å². The van der Waals surface area contributed by atoms with Gasteiger partial charge in [0.1, 0.15) is 18.8 Å². The van der Waals surface area contributed by atoms with Crippen molar-refractivity contribution in [3.8, 4) is 5.75 Å². The molecule has 0 radical (unpaired) electrons. The Morgan fingerprint density at radius 3 is 2.70 bits per heavy atom. The van der Waals surface area contributed by atoms with Crippen molar-refractivity contribution in [1.29, 1.82) is 0 Å². The zero-order chi connectivity index (χ0) is 26.6. The van der Waals surface area contributed by atoms with Crippen LogP contribution in [0.4, 0.5) is 0 Å². The Kier molecular flexibility index (Phi) is 10.1. The predicted octanol–water partition coefficient (Wildman–Crippen LogP) is 5.31. The molecule has 14 nitrogen and oxygen atoms in total. The summed E-state index contributed by atoms with van der Waals surface area (Å²) in [5.74, 6) is 5.91. The molecular formula is C22H24ClN11O3. The van der Waals surface area contributed by atoms with Crippen LogP contribution in [0.3, 0.4) is 0 Å². The van der Waals surface area contributed by atoms with Gasteiger partial charge in [0, 0.05) is 33.2 Å². The fraction of sp³-hybridized carbons (Fsp3) is 0.364. The van der Waals surface area contributed by atoms with E-state index < -0.39 is 11.9 Å². The highest BCUT2D eigenvalue weighted by Crippen LogP contribution is 2.26. The first kappa shape index (κ1) is 27.2. The standard InChI is InChI=1S/C22H24ClN11O3/c23-17-8-2-1-6-15(17)14-37-19-9-5-11-33-20(18(13-28-32-25)30-21(19)33)22(35)34(26)16(12-29-36)7-3-4-10-27-31-24/h1-2,5-6,8-9,11,16H,3-4,7,10,12-14,26H2/t16-/m1/s1. The van der Waals surface area contributed by atoms with Gasteiger partial charge in [-0.25, -0.2) is 10.8 Å². The Hall–Kier alpha value is -4.35. The number of nitroso groups, excluding NO2 is 1. The monoisotopic (exact) mass is 525 g/mol. The van der Waals surface area contributed by atoms with Crippen molar-refractivity contribution in [2.24, 2.45) is 21.2 Å². The summed E-state index contributed by atoms with van der Waals surface area (Å²) in [7, 11) is 0.